The third-order valence-electron chi connectivity index (χ3n) is 3.27. The topological polar surface area (TPSA) is 121 Å². The van der Waals surface area contributed by atoms with Crippen LogP contribution in [0.3, 0.4) is 0 Å². The molecule has 1 unspecified atom stereocenters. The van der Waals surface area contributed by atoms with E-state index in [1.165, 1.54) is 23.7 Å². The number of amides is 2. The Morgan fingerprint density at radius 3 is 2.50 bits per heavy atom. The molecule has 144 valence electrons. The molecule has 2 fully saturated rings. The summed E-state index contributed by atoms with van der Waals surface area (Å²) in [6.45, 7) is 7.69. The van der Waals surface area contributed by atoms with Crippen molar-refractivity contribution in [1.29, 1.82) is 0 Å². The van der Waals surface area contributed by atoms with Gasteiger partial charge in [0.2, 0.25) is 11.3 Å². The largest absolute Gasteiger partial charge is 0.473 e. The highest BCUT2D eigenvalue weighted by Crippen LogP contribution is 2.47. The Labute approximate surface area is 159 Å². The average molecular weight is 422 g/mol. The van der Waals surface area contributed by atoms with Crippen LogP contribution in [0.15, 0.2) is 22.4 Å². The van der Waals surface area contributed by atoms with Crippen molar-refractivity contribution >= 4 is 53.5 Å². The van der Waals surface area contributed by atoms with Crippen molar-refractivity contribution in [3.8, 4) is 0 Å². The molecule has 2 heterocycles. The summed E-state index contributed by atoms with van der Waals surface area (Å²) in [6, 6.07) is 0. The van der Waals surface area contributed by atoms with E-state index in [0.717, 1.165) is 29.3 Å². The molecule has 26 heavy (non-hydrogen) atoms. The summed E-state index contributed by atoms with van der Waals surface area (Å²) in [4.78, 5) is 36.3. The summed E-state index contributed by atoms with van der Waals surface area (Å²) >= 11 is 2.08. The minimum atomic E-state index is -4.32. The highest BCUT2D eigenvalue weighted by Gasteiger charge is 2.42. The van der Waals surface area contributed by atoms with Crippen LogP contribution < -0.4 is 0 Å². The molecule has 0 saturated carbocycles. The molecule has 10 nitrogen and oxygen atoms in total. The fourth-order valence-electron chi connectivity index (χ4n) is 1.96. The van der Waals surface area contributed by atoms with Crippen molar-refractivity contribution in [2.24, 2.45) is 10.2 Å². The Balaban J connectivity index is 2.19. The average Bonchev–Trinajstić information content (AvgIpc) is 2.97. The standard InChI is InChI=1S/C13H19N4O6PS2/c1-7(2)6-17-9(18)8(3)25-13(17)15-14-12-16(4)10(19)11(26-12)23-24(20,21)22-5/h8,11H,1,6H2,2-5H3,(H,20,21)/b14-12+,15-13?/t8-,11+/m1/s1. The number of hydrogen-bond acceptors (Lipinski definition) is 9. The molecule has 2 rings (SSSR count). The molecule has 0 aromatic carbocycles. The second-order valence-corrected chi connectivity index (χ2v) is 9.36. The van der Waals surface area contributed by atoms with Gasteiger partial charge in [-0.25, -0.2) is 4.57 Å². The molecular weight excluding hydrogens is 403 g/mol. The number of rotatable bonds is 6. The molecule has 0 radical (unpaired) electrons. The third-order valence-corrected chi connectivity index (χ3v) is 6.49. The molecule has 2 aliphatic rings. The summed E-state index contributed by atoms with van der Waals surface area (Å²) in [5.41, 5.74) is -0.472. The van der Waals surface area contributed by atoms with Gasteiger partial charge in [0, 0.05) is 20.7 Å². The Morgan fingerprint density at radius 2 is 1.92 bits per heavy atom. The van der Waals surface area contributed by atoms with Crippen molar-refractivity contribution < 1.29 is 28.1 Å². The highest BCUT2D eigenvalue weighted by atomic mass is 32.2. The zero-order valence-electron chi connectivity index (χ0n) is 14.6. The molecule has 0 spiro atoms. The van der Waals surface area contributed by atoms with E-state index in [-0.39, 0.29) is 16.3 Å². The minimum absolute atomic E-state index is 0.0945. The Kier molecular flexibility index (Phi) is 6.70. The van der Waals surface area contributed by atoms with Gasteiger partial charge in [-0.1, -0.05) is 23.9 Å². The molecule has 0 aromatic heterocycles. The van der Waals surface area contributed by atoms with E-state index in [1.54, 1.807) is 13.8 Å². The second-order valence-electron chi connectivity index (χ2n) is 5.51. The summed E-state index contributed by atoms with van der Waals surface area (Å²) in [5.74, 6) is -0.662. The Bertz CT molecular complexity index is 742. The van der Waals surface area contributed by atoms with Crippen LogP contribution >= 0.6 is 31.3 Å². The molecule has 3 atom stereocenters. The van der Waals surface area contributed by atoms with Gasteiger partial charge in [-0.3, -0.25) is 28.4 Å². The minimum Gasteiger partial charge on any atom is -0.302 e. The molecule has 1 N–H and O–H groups in total. The van der Waals surface area contributed by atoms with Gasteiger partial charge in [0.1, 0.15) is 0 Å². The summed E-state index contributed by atoms with van der Waals surface area (Å²) in [7, 11) is -1.88. The van der Waals surface area contributed by atoms with Crippen molar-refractivity contribution in [2.45, 2.75) is 24.5 Å². The highest BCUT2D eigenvalue weighted by molar-refractivity contribution is 8.16. The van der Waals surface area contributed by atoms with E-state index in [4.69, 9.17) is 4.52 Å². The Morgan fingerprint density at radius 1 is 1.31 bits per heavy atom. The quantitative estimate of drug-likeness (QED) is 0.388. The molecule has 0 aromatic rings. The van der Waals surface area contributed by atoms with Gasteiger partial charge in [0.15, 0.2) is 10.3 Å². The zero-order valence-corrected chi connectivity index (χ0v) is 17.1. The smallest absolute Gasteiger partial charge is 0.302 e. The summed E-state index contributed by atoms with van der Waals surface area (Å²) < 4.78 is 20.6. The molecular formula is C13H19N4O6PS2. The van der Waals surface area contributed by atoms with Crippen LogP contribution in [-0.4, -0.2) is 68.2 Å². The third kappa shape index (κ3) is 4.76. The lowest BCUT2D eigenvalue weighted by atomic mass is 10.3. The molecule has 2 aliphatic heterocycles. The van der Waals surface area contributed by atoms with E-state index in [2.05, 4.69) is 21.3 Å². The fraction of sp³-hybridized carbons (Fsp3) is 0.538. The van der Waals surface area contributed by atoms with Crippen LogP contribution in [-0.2, 0) is 23.2 Å². The van der Waals surface area contributed by atoms with Gasteiger partial charge in [0.25, 0.3) is 5.91 Å². The first-order valence-electron chi connectivity index (χ1n) is 7.35. The Hall–Kier alpha value is -1.17. The molecule has 0 bridgehead atoms. The lowest BCUT2D eigenvalue weighted by Gasteiger charge is -2.15. The normalized spacial score (nSPS) is 29.1. The van der Waals surface area contributed by atoms with E-state index >= 15 is 0 Å². The lowest BCUT2D eigenvalue weighted by Crippen LogP contribution is -2.32. The van der Waals surface area contributed by atoms with E-state index in [1.807, 2.05) is 0 Å². The number of phosphoric ester groups is 1. The maximum Gasteiger partial charge on any atom is 0.473 e. The van der Waals surface area contributed by atoms with E-state index in [0.29, 0.717) is 11.7 Å². The van der Waals surface area contributed by atoms with Crippen LogP contribution in [0.4, 0.5) is 0 Å². The van der Waals surface area contributed by atoms with Crippen LogP contribution in [0.1, 0.15) is 13.8 Å². The second kappa shape index (κ2) is 8.24. The molecule has 2 saturated heterocycles. The van der Waals surface area contributed by atoms with Gasteiger partial charge in [-0.2, -0.15) is 0 Å². The van der Waals surface area contributed by atoms with Crippen molar-refractivity contribution in [1.82, 2.24) is 9.80 Å². The molecule has 13 heteroatoms. The number of likely N-dealkylation sites (N-methyl/N-ethyl adjacent to an activating group) is 1. The van der Waals surface area contributed by atoms with Crippen molar-refractivity contribution in [3.63, 3.8) is 0 Å². The lowest BCUT2D eigenvalue weighted by molar-refractivity contribution is -0.129. The van der Waals surface area contributed by atoms with Gasteiger partial charge >= 0.3 is 7.82 Å². The van der Waals surface area contributed by atoms with Gasteiger partial charge in [-0.05, 0) is 25.6 Å². The predicted octanol–water partition coefficient (Wildman–Crippen LogP) is 1.45. The molecule has 0 aliphatic carbocycles. The van der Waals surface area contributed by atoms with Crippen LogP contribution in [0, 0.1) is 0 Å². The predicted molar refractivity (Wildman–Crippen MR) is 101 cm³/mol. The van der Waals surface area contributed by atoms with Crippen molar-refractivity contribution in [2.75, 3.05) is 20.7 Å². The van der Waals surface area contributed by atoms with Gasteiger partial charge in [-0.15, -0.1) is 10.2 Å². The monoisotopic (exact) mass is 422 g/mol. The maximum atomic E-state index is 12.2. The van der Waals surface area contributed by atoms with Crippen LogP contribution in [0.2, 0.25) is 0 Å². The first-order valence-corrected chi connectivity index (χ1v) is 10.6. The summed E-state index contributed by atoms with van der Waals surface area (Å²) in [6.07, 6.45) is 0. The van der Waals surface area contributed by atoms with Crippen LogP contribution in [0.5, 0.6) is 0 Å². The fourth-order valence-corrected chi connectivity index (χ4v) is 4.58. The number of phosphoric acid groups is 1. The molecule has 2 amide bonds. The van der Waals surface area contributed by atoms with Crippen molar-refractivity contribution in [3.05, 3.63) is 12.2 Å². The number of carbonyl (C=O) groups excluding carboxylic acids is 2. The first-order chi connectivity index (χ1) is 12.1. The maximum absolute atomic E-state index is 12.2. The number of nitrogens with zero attached hydrogens (tertiary/aromatic N) is 4. The van der Waals surface area contributed by atoms with Crippen LogP contribution in [0.25, 0.3) is 0 Å². The van der Waals surface area contributed by atoms with Gasteiger partial charge < -0.3 is 4.89 Å². The zero-order chi connectivity index (χ0) is 19.6. The van der Waals surface area contributed by atoms with E-state index < -0.39 is 19.2 Å². The van der Waals surface area contributed by atoms with E-state index in [9.17, 15) is 19.0 Å². The SMILES string of the molecule is C=C(C)CN1C(=O)[C@@H](C)SC1=N/N=C1/S[C@H](OP(=O)(O)OC)C(=O)N1C. The number of hydrogen-bond donors (Lipinski definition) is 1. The number of carbonyl (C=O) groups is 2. The number of amidine groups is 2. The number of thioether (sulfide) groups is 2. The first kappa shape index (κ1) is 21.1. The van der Waals surface area contributed by atoms with Gasteiger partial charge in [0.05, 0.1) is 5.25 Å². The summed E-state index contributed by atoms with van der Waals surface area (Å²) in [5, 5.41) is 8.36.